The third kappa shape index (κ3) is 7.81. The first-order chi connectivity index (χ1) is 14.7. The number of nitrogens with zero attached hydrogens (tertiary/aromatic N) is 1. The van der Waals surface area contributed by atoms with Crippen molar-refractivity contribution in [2.45, 2.75) is 33.2 Å². The zero-order chi connectivity index (χ0) is 23.0. The monoisotopic (exact) mass is 432 g/mol. The molecule has 166 valence electrons. The number of nitrogens with one attached hydrogen (secondary N) is 1. The number of para-hydroxylation sites is 1. The van der Waals surface area contributed by atoms with E-state index in [0.717, 1.165) is 12.1 Å². The highest BCUT2D eigenvalue weighted by Crippen LogP contribution is 2.15. The molecule has 0 fully saturated rings. The highest BCUT2D eigenvalue weighted by Gasteiger charge is 2.26. The lowest BCUT2D eigenvalue weighted by Crippen LogP contribution is -2.49. The van der Waals surface area contributed by atoms with E-state index in [1.165, 1.54) is 11.8 Å². The van der Waals surface area contributed by atoms with Crippen molar-refractivity contribution in [1.29, 1.82) is 0 Å². The summed E-state index contributed by atoms with van der Waals surface area (Å²) in [6, 6.07) is 10.4. The molecule has 0 heterocycles. The summed E-state index contributed by atoms with van der Waals surface area (Å²) in [7, 11) is 0. The number of carbonyl (C=O) groups is 3. The molecule has 0 unspecified atom stereocenters. The number of amides is 2. The van der Waals surface area contributed by atoms with Crippen LogP contribution in [0.5, 0.6) is 0 Å². The highest BCUT2D eigenvalue weighted by molar-refractivity contribution is 6.02. The van der Waals surface area contributed by atoms with Crippen LogP contribution < -0.4 is 10.2 Å². The summed E-state index contributed by atoms with van der Waals surface area (Å²) in [5.74, 6) is -3.10. The SMILES string of the molecule is CC(C)COC(=O)CN(C(=O)[C@H](C)NC(=O)Cc1cc(F)cc(F)c1)c1ccccc1. The second-order valence-corrected chi connectivity index (χ2v) is 7.58. The van der Waals surface area contributed by atoms with E-state index in [-0.39, 0.29) is 31.1 Å². The zero-order valence-electron chi connectivity index (χ0n) is 17.7. The minimum atomic E-state index is -0.982. The molecule has 0 aromatic heterocycles. The Bertz CT molecular complexity index is 899. The number of anilines is 1. The number of rotatable bonds is 9. The molecule has 0 spiro atoms. The molecule has 31 heavy (non-hydrogen) atoms. The van der Waals surface area contributed by atoms with Crippen LogP contribution in [0.15, 0.2) is 48.5 Å². The fourth-order valence-electron chi connectivity index (χ4n) is 2.83. The molecule has 2 aromatic carbocycles. The van der Waals surface area contributed by atoms with Crippen LogP contribution >= 0.6 is 0 Å². The standard InChI is InChI=1S/C23H26F2N2O4/c1-15(2)14-31-22(29)13-27(20-7-5-4-6-8-20)23(30)16(3)26-21(28)11-17-9-18(24)12-19(25)10-17/h4-10,12,15-16H,11,13-14H2,1-3H3,(H,26,28)/t16-/m0/s1. The van der Waals surface area contributed by atoms with Gasteiger partial charge in [-0.1, -0.05) is 32.0 Å². The quantitative estimate of drug-likeness (QED) is 0.618. The van der Waals surface area contributed by atoms with E-state index in [9.17, 15) is 23.2 Å². The van der Waals surface area contributed by atoms with Gasteiger partial charge in [-0.15, -0.1) is 0 Å². The average Bonchev–Trinajstić information content (AvgIpc) is 2.69. The van der Waals surface area contributed by atoms with Crippen molar-refractivity contribution in [2.24, 2.45) is 5.92 Å². The summed E-state index contributed by atoms with van der Waals surface area (Å²) >= 11 is 0. The first kappa shape index (κ1) is 24.0. The van der Waals surface area contributed by atoms with Gasteiger partial charge in [0.25, 0.3) is 0 Å². The first-order valence-electron chi connectivity index (χ1n) is 9.92. The number of esters is 1. The summed E-state index contributed by atoms with van der Waals surface area (Å²) in [6.45, 7) is 5.18. The molecule has 0 radical (unpaired) electrons. The molecule has 0 aliphatic heterocycles. The lowest BCUT2D eigenvalue weighted by molar-refractivity contribution is -0.144. The van der Waals surface area contributed by atoms with Gasteiger partial charge in [0.15, 0.2) is 0 Å². The molecule has 1 atom stereocenters. The van der Waals surface area contributed by atoms with Crippen molar-refractivity contribution in [3.8, 4) is 0 Å². The maximum atomic E-state index is 13.3. The fourth-order valence-corrected chi connectivity index (χ4v) is 2.83. The first-order valence-corrected chi connectivity index (χ1v) is 9.92. The Hall–Kier alpha value is -3.29. The van der Waals surface area contributed by atoms with E-state index in [2.05, 4.69) is 5.32 Å². The second kappa shape index (κ2) is 11.2. The number of halogens is 2. The van der Waals surface area contributed by atoms with Gasteiger partial charge in [-0.05, 0) is 42.7 Å². The summed E-state index contributed by atoms with van der Waals surface area (Å²) in [4.78, 5) is 38.7. The van der Waals surface area contributed by atoms with Crippen molar-refractivity contribution in [3.05, 3.63) is 65.7 Å². The minimum Gasteiger partial charge on any atom is -0.464 e. The Kier molecular flexibility index (Phi) is 8.66. The Balaban J connectivity index is 2.08. The van der Waals surface area contributed by atoms with Crippen LogP contribution in [-0.4, -0.2) is 37.0 Å². The highest BCUT2D eigenvalue weighted by atomic mass is 19.1. The number of hydrogen-bond donors (Lipinski definition) is 1. The molecule has 0 aliphatic carbocycles. The third-order valence-electron chi connectivity index (χ3n) is 4.23. The molecule has 0 aliphatic rings. The minimum absolute atomic E-state index is 0.145. The van der Waals surface area contributed by atoms with Gasteiger partial charge in [0.1, 0.15) is 24.2 Å². The fraction of sp³-hybridized carbons (Fsp3) is 0.348. The van der Waals surface area contributed by atoms with Crippen LogP contribution in [0, 0.1) is 17.6 Å². The van der Waals surface area contributed by atoms with Gasteiger partial charge in [0.2, 0.25) is 11.8 Å². The molecule has 0 saturated heterocycles. The smallest absolute Gasteiger partial charge is 0.326 e. The Morgan fingerprint density at radius 2 is 1.61 bits per heavy atom. The summed E-state index contributed by atoms with van der Waals surface area (Å²) in [5, 5.41) is 2.51. The van der Waals surface area contributed by atoms with Gasteiger partial charge in [-0.2, -0.15) is 0 Å². The van der Waals surface area contributed by atoms with Gasteiger partial charge >= 0.3 is 5.97 Å². The van der Waals surface area contributed by atoms with Crippen LogP contribution in [0.25, 0.3) is 0 Å². The van der Waals surface area contributed by atoms with Crippen molar-refractivity contribution >= 4 is 23.5 Å². The summed E-state index contributed by atoms with van der Waals surface area (Å²) < 4.78 is 31.8. The summed E-state index contributed by atoms with van der Waals surface area (Å²) in [6.07, 6.45) is -0.298. The van der Waals surface area contributed by atoms with Crippen molar-refractivity contribution in [1.82, 2.24) is 5.32 Å². The zero-order valence-corrected chi connectivity index (χ0v) is 17.7. The second-order valence-electron chi connectivity index (χ2n) is 7.58. The normalized spacial score (nSPS) is 11.7. The number of carbonyl (C=O) groups excluding carboxylic acids is 3. The number of benzene rings is 2. The lowest BCUT2D eigenvalue weighted by Gasteiger charge is -2.25. The number of hydrogen-bond acceptors (Lipinski definition) is 4. The molecule has 6 nitrogen and oxygen atoms in total. The predicted octanol–water partition coefficient (Wildman–Crippen LogP) is 3.24. The van der Waals surface area contributed by atoms with Crippen LogP contribution in [0.1, 0.15) is 26.3 Å². The van der Waals surface area contributed by atoms with Gasteiger partial charge in [0.05, 0.1) is 13.0 Å². The Labute approximate surface area is 180 Å². The molecule has 2 rings (SSSR count). The summed E-state index contributed by atoms with van der Waals surface area (Å²) in [5.41, 5.74) is 0.620. The third-order valence-corrected chi connectivity index (χ3v) is 4.23. The maximum Gasteiger partial charge on any atom is 0.326 e. The Morgan fingerprint density at radius 3 is 2.19 bits per heavy atom. The van der Waals surface area contributed by atoms with Gasteiger partial charge in [-0.25, -0.2) is 8.78 Å². The predicted molar refractivity (Wildman–Crippen MR) is 112 cm³/mol. The lowest BCUT2D eigenvalue weighted by atomic mass is 10.1. The van der Waals surface area contributed by atoms with E-state index in [1.54, 1.807) is 30.3 Å². The molecular formula is C23H26F2N2O4. The van der Waals surface area contributed by atoms with Gasteiger partial charge in [-0.3, -0.25) is 19.3 Å². The Morgan fingerprint density at radius 1 is 1.00 bits per heavy atom. The molecular weight excluding hydrogens is 406 g/mol. The van der Waals surface area contributed by atoms with E-state index in [4.69, 9.17) is 4.74 Å². The largest absolute Gasteiger partial charge is 0.464 e. The molecule has 0 saturated carbocycles. The maximum absolute atomic E-state index is 13.3. The molecule has 8 heteroatoms. The van der Waals surface area contributed by atoms with Crippen molar-refractivity contribution < 1.29 is 27.9 Å². The van der Waals surface area contributed by atoms with Crippen molar-refractivity contribution in [2.75, 3.05) is 18.1 Å². The average molecular weight is 432 g/mol. The van der Waals surface area contributed by atoms with Crippen LogP contribution in [0.2, 0.25) is 0 Å². The topological polar surface area (TPSA) is 75.7 Å². The van der Waals surface area contributed by atoms with Crippen LogP contribution in [-0.2, 0) is 25.5 Å². The molecule has 1 N–H and O–H groups in total. The van der Waals surface area contributed by atoms with E-state index < -0.39 is 35.5 Å². The molecule has 2 aromatic rings. The van der Waals surface area contributed by atoms with Gasteiger partial charge in [0, 0.05) is 11.8 Å². The van der Waals surface area contributed by atoms with Gasteiger partial charge < -0.3 is 10.1 Å². The number of ether oxygens (including phenoxy) is 1. The van der Waals surface area contributed by atoms with Crippen molar-refractivity contribution in [3.63, 3.8) is 0 Å². The van der Waals surface area contributed by atoms with Crippen LogP contribution in [0.3, 0.4) is 0 Å². The van der Waals surface area contributed by atoms with Crippen LogP contribution in [0.4, 0.5) is 14.5 Å². The molecule has 2 amide bonds. The van der Waals surface area contributed by atoms with E-state index in [0.29, 0.717) is 11.8 Å². The van der Waals surface area contributed by atoms with E-state index in [1.807, 2.05) is 13.8 Å². The molecule has 0 bridgehead atoms. The van der Waals surface area contributed by atoms with E-state index >= 15 is 0 Å².